The van der Waals surface area contributed by atoms with E-state index in [1.807, 2.05) is 0 Å². The standard InChI is InChI=1S/C31H41N2O/c1-9-13-14-16-22-20-25-24(19-21(22)5)33-28-27-23(30(8,10-2)31(33,11-3)12-4)17-15-18-26(27)34-29(6,7)32(25)28/h11,15,17-20H,3,9-10,12-14,16H2,1-2,4-8H3/q+1. The summed E-state index contributed by atoms with van der Waals surface area (Å²) in [5, 5.41) is 0. The second-order valence-electron chi connectivity index (χ2n) is 11.1. The molecule has 0 bridgehead atoms. The van der Waals surface area contributed by atoms with E-state index in [2.05, 4.69) is 101 Å². The highest BCUT2D eigenvalue weighted by atomic mass is 16.5. The van der Waals surface area contributed by atoms with Gasteiger partial charge in [-0.2, -0.15) is 4.57 Å². The monoisotopic (exact) mass is 457 g/mol. The minimum atomic E-state index is -0.485. The van der Waals surface area contributed by atoms with Crippen LogP contribution in [-0.2, 0) is 23.1 Å². The number of ether oxygens (including phenoxy) is 1. The van der Waals surface area contributed by atoms with Crippen LogP contribution in [0.4, 0.5) is 0 Å². The maximum Gasteiger partial charge on any atom is 0.298 e. The first-order valence-electron chi connectivity index (χ1n) is 13.3. The van der Waals surface area contributed by atoms with Crippen molar-refractivity contribution >= 4 is 11.0 Å². The van der Waals surface area contributed by atoms with Crippen LogP contribution in [0.1, 0.15) is 90.3 Å². The van der Waals surface area contributed by atoms with Crippen molar-refractivity contribution in [3.8, 4) is 17.1 Å². The summed E-state index contributed by atoms with van der Waals surface area (Å²) in [6, 6.07) is 11.5. The molecule has 0 spiro atoms. The number of nitrogens with zero attached hydrogens (tertiary/aromatic N) is 2. The molecule has 0 saturated heterocycles. The van der Waals surface area contributed by atoms with Crippen molar-refractivity contribution in [3.63, 3.8) is 0 Å². The fraction of sp³-hybridized carbons (Fsp3) is 0.516. The maximum atomic E-state index is 6.75. The quantitative estimate of drug-likeness (QED) is 0.202. The molecule has 1 aromatic heterocycles. The first-order valence-corrected chi connectivity index (χ1v) is 13.3. The number of hydrogen-bond donors (Lipinski definition) is 0. The molecule has 3 aromatic rings. The van der Waals surface area contributed by atoms with E-state index in [1.54, 1.807) is 0 Å². The van der Waals surface area contributed by atoms with E-state index in [0.29, 0.717) is 0 Å². The lowest BCUT2D eigenvalue weighted by Crippen LogP contribution is -2.62. The van der Waals surface area contributed by atoms with Gasteiger partial charge in [0.15, 0.2) is 11.0 Å². The van der Waals surface area contributed by atoms with Crippen LogP contribution in [0.3, 0.4) is 0 Å². The molecule has 3 nitrogen and oxygen atoms in total. The Hall–Kier alpha value is -2.55. The zero-order valence-corrected chi connectivity index (χ0v) is 22.2. The van der Waals surface area contributed by atoms with Gasteiger partial charge in [0.1, 0.15) is 16.9 Å². The molecule has 2 aromatic carbocycles. The summed E-state index contributed by atoms with van der Waals surface area (Å²) in [6.45, 7) is 20.5. The Kier molecular flexibility index (Phi) is 5.28. The van der Waals surface area contributed by atoms with Crippen molar-refractivity contribution in [2.75, 3.05) is 0 Å². The van der Waals surface area contributed by atoms with Crippen molar-refractivity contribution in [2.24, 2.45) is 0 Å². The fourth-order valence-corrected chi connectivity index (χ4v) is 7.03. The Morgan fingerprint density at radius 1 is 1.06 bits per heavy atom. The SMILES string of the molecule is C=CC1(CC)n2c3[n+](c4cc(CCCCC)c(C)cc42)C(C)(C)Oc2cccc(c2-3)C1(C)CC. The Balaban J connectivity index is 1.96. The summed E-state index contributed by atoms with van der Waals surface area (Å²) >= 11 is 0. The van der Waals surface area contributed by atoms with E-state index in [1.165, 1.54) is 58.4 Å². The van der Waals surface area contributed by atoms with E-state index < -0.39 is 5.72 Å². The molecule has 2 atom stereocenters. The highest BCUT2D eigenvalue weighted by Crippen LogP contribution is 2.58. The van der Waals surface area contributed by atoms with Gasteiger partial charge in [-0.3, -0.25) is 0 Å². The van der Waals surface area contributed by atoms with Gasteiger partial charge < -0.3 is 4.74 Å². The molecule has 5 rings (SSSR count). The number of rotatable bonds is 7. The van der Waals surface area contributed by atoms with Crippen molar-refractivity contribution in [1.82, 2.24) is 4.57 Å². The number of imidazole rings is 1. The summed E-state index contributed by atoms with van der Waals surface area (Å²) < 4.78 is 11.9. The number of fused-ring (bicyclic) bond motifs is 3. The molecule has 180 valence electrons. The van der Waals surface area contributed by atoms with Crippen LogP contribution in [0.15, 0.2) is 43.0 Å². The van der Waals surface area contributed by atoms with Gasteiger partial charge in [-0.25, -0.2) is 4.57 Å². The average molecular weight is 458 g/mol. The van der Waals surface area contributed by atoms with Gasteiger partial charge in [0.25, 0.3) is 5.82 Å². The molecule has 0 radical (unpaired) electrons. The van der Waals surface area contributed by atoms with Gasteiger partial charge in [-0.05, 0) is 73.6 Å². The molecule has 0 N–H and O–H groups in total. The van der Waals surface area contributed by atoms with E-state index in [9.17, 15) is 0 Å². The van der Waals surface area contributed by atoms with Crippen LogP contribution < -0.4 is 9.30 Å². The van der Waals surface area contributed by atoms with Gasteiger partial charge in [0.05, 0.1) is 0 Å². The molecule has 3 heteroatoms. The molecule has 34 heavy (non-hydrogen) atoms. The van der Waals surface area contributed by atoms with Crippen molar-refractivity contribution < 1.29 is 9.30 Å². The van der Waals surface area contributed by atoms with Gasteiger partial charge in [-0.15, -0.1) is 0 Å². The van der Waals surface area contributed by atoms with Crippen LogP contribution >= 0.6 is 0 Å². The lowest BCUT2D eigenvalue weighted by Gasteiger charge is -2.49. The highest BCUT2D eigenvalue weighted by molar-refractivity contribution is 5.84. The lowest BCUT2D eigenvalue weighted by molar-refractivity contribution is -0.765. The largest absolute Gasteiger partial charge is 0.449 e. The predicted octanol–water partition coefficient (Wildman–Crippen LogP) is 7.69. The zero-order chi connectivity index (χ0) is 24.5. The van der Waals surface area contributed by atoms with Crippen LogP contribution in [0, 0.1) is 6.92 Å². The van der Waals surface area contributed by atoms with Crippen LogP contribution in [0.2, 0.25) is 0 Å². The topological polar surface area (TPSA) is 18.0 Å². The zero-order valence-electron chi connectivity index (χ0n) is 22.2. The molecule has 0 fully saturated rings. The third-order valence-corrected chi connectivity index (χ3v) is 9.07. The van der Waals surface area contributed by atoms with Gasteiger partial charge in [0.2, 0.25) is 5.72 Å². The molecule has 2 aliphatic heterocycles. The van der Waals surface area contributed by atoms with Gasteiger partial charge >= 0.3 is 0 Å². The predicted molar refractivity (Wildman–Crippen MR) is 142 cm³/mol. The average Bonchev–Trinajstić information content (AvgIpc) is 3.15. The number of hydrogen-bond acceptors (Lipinski definition) is 1. The van der Waals surface area contributed by atoms with Gasteiger partial charge in [0, 0.05) is 19.3 Å². The fourth-order valence-electron chi connectivity index (χ4n) is 7.03. The van der Waals surface area contributed by atoms with E-state index >= 15 is 0 Å². The summed E-state index contributed by atoms with van der Waals surface area (Å²) in [4.78, 5) is 0. The normalized spacial score (nSPS) is 24.1. The Labute approximate surface area is 205 Å². The van der Waals surface area contributed by atoms with E-state index in [-0.39, 0.29) is 11.0 Å². The number of aryl methyl sites for hydroxylation is 2. The van der Waals surface area contributed by atoms with E-state index in [0.717, 1.165) is 25.0 Å². The van der Waals surface area contributed by atoms with Crippen molar-refractivity contribution in [1.29, 1.82) is 0 Å². The Morgan fingerprint density at radius 2 is 1.82 bits per heavy atom. The van der Waals surface area contributed by atoms with E-state index in [4.69, 9.17) is 4.74 Å². The molecule has 3 heterocycles. The first-order chi connectivity index (χ1) is 16.2. The Morgan fingerprint density at radius 3 is 2.47 bits per heavy atom. The van der Waals surface area contributed by atoms with Crippen LogP contribution in [0.5, 0.6) is 5.75 Å². The molecular weight excluding hydrogens is 416 g/mol. The summed E-state index contributed by atoms with van der Waals surface area (Å²) in [5.41, 5.74) is 7.26. The Bertz CT molecular complexity index is 1300. The highest BCUT2D eigenvalue weighted by Gasteiger charge is 2.60. The molecule has 0 amide bonds. The van der Waals surface area contributed by atoms with Crippen molar-refractivity contribution in [2.45, 2.75) is 104 Å². The molecular formula is C31H41N2O+. The summed E-state index contributed by atoms with van der Waals surface area (Å²) in [5.74, 6) is 2.27. The summed E-state index contributed by atoms with van der Waals surface area (Å²) in [7, 11) is 0. The number of allylic oxidation sites excluding steroid dienone is 1. The third kappa shape index (κ3) is 2.73. The molecule has 0 saturated carbocycles. The lowest BCUT2D eigenvalue weighted by atomic mass is 9.60. The second kappa shape index (κ2) is 7.73. The molecule has 0 aliphatic carbocycles. The van der Waals surface area contributed by atoms with Crippen LogP contribution in [0.25, 0.3) is 22.4 Å². The van der Waals surface area contributed by atoms with Gasteiger partial charge in [-0.1, -0.05) is 59.2 Å². The third-order valence-electron chi connectivity index (χ3n) is 9.07. The number of unbranched alkanes of at least 4 members (excludes halogenated alkanes) is 2. The first kappa shape index (κ1) is 23.2. The molecule has 2 aliphatic rings. The minimum absolute atomic E-state index is 0.0931. The van der Waals surface area contributed by atoms with Crippen LogP contribution in [-0.4, -0.2) is 4.57 Å². The maximum absolute atomic E-state index is 6.75. The summed E-state index contributed by atoms with van der Waals surface area (Å²) in [6.07, 6.45) is 9.14. The smallest absolute Gasteiger partial charge is 0.298 e. The second-order valence-corrected chi connectivity index (χ2v) is 11.1. The number of aromatic nitrogens is 2. The molecule has 2 unspecified atom stereocenters. The minimum Gasteiger partial charge on any atom is -0.449 e. The van der Waals surface area contributed by atoms with Crippen molar-refractivity contribution in [3.05, 3.63) is 59.7 Å². The number of benzene rings is 2.